The summed E-state index contributed by atoms with van der Waals surface area (Å²) in [7, 11) is -1.69. The predicted molar refractivity (Wildman–Crippen MR) is 138 cm³/mol. The van der Waals surface area contributed by atoms with Crippen LogP contribution in [0.3, 0.4) is 0 Å². The summed E-state index contributed by atoms with van der Waals surface area (Å²) in [4.78, 5) is 0. The smallest absolute Gasteiger partial charge is 0.180 e. The second-order valence-corrected chi connectivity index (χ2v) is 11.4. The van der Waals surface area contributed by atoms with Crippen molar-refractivity contribution < 1.29 is 5.48 Å². The molecular weight excluding hydrogens is 421 g/mol. The van der Waals surface area contributed by atoms with Crippen molar-refractivity contribution in [2.24, 2.45) is 5.84 Å². The highest BCUT2D eigenvalue weighted by molar-refractivity contribution is 7.95. The van der Waals surface area contributed by atoms with Gasteiger partial charge in [-0.15, -0.1) is 0 Å². The summed E-state index contributed by atoms with van der Waals surface area (Å²) in [5, 5.41) is 8.02. The van der Waals surface area contributed by atoms with Crippen LogP contribution in [0.4, 0.5) is 0 Å². The zero-order chi connectivity index (χ0) is 21.1. The first kappa shape index (κ1) is 25.0. The molecule has 31 heavy (non-hydrogen) atoms. The van der Waals surface area contributed by atoms with Gasteiger partial charge in [-0.1, -0.05) is 61.0 Å². The van der Waals surface area contributed by atoms with Gasteiger partial charge < -0.3 is 16.2 Å². The van der Waals surface area contributed by atoms with E-state index in [1.807, 2.05) is 0 Å². The lowest BCUT2D eigenvalue weighted by atomic mass is 10.2. The minimum absolute atomic E-state index is 0. The maximum absolute atomic E-state index is 5.30. The molecule has 5 N–H and O–H groups in total. The number of benzene rings is 3. The largest absolute Gasteiger partial charge is 0.870 e. The molecule has 0 radical (unpaired) electrons. The van der Waals surface area contributed by atoms with Crippen LogP contribution in [-0.4, -0.2) is 23.3 Å². The molecule has 0 fully saturated rings. The fourth-order valence-electron chi connectivity index (χ4n) is 3.96. The monoisotopic (exact) mass is 453 g/mol. The molecule has 3 aromatic carbocycles. The van der Waals surface area contributed by atoms with Crippen LogP contribution in [0.25, 0.3) is 0 Å². The van der Waals surface area contributed by atoms with Crippen molar-refractivity contribution in [1.29, 1.82) is 0 Å². The van der Waals surface area contributed by atoms with Gasteiger partial charge in [0.15, 0.2) is 5.11 Å². The molecular formula is C25H32N3OPS. The lowest BCUT2D eigenvalue weighted by Gasteiger charge is -2.27. The van der Waals surface area contributed by atoms with Gasteiger partial charge >= 0.3 is 0 Å². The summed E-state index contributed by atoms with van der Waals surface area (Å²) in [6.45, 7) is 0.860. The Morgan fingerprint density at radius 2 is 1.10 bits per heavy atom. The second kappa shape index (κ2) is 13.2. The molecule has 0 atom stereocenters. The fraction of sp³-hybridized carbons (Fsp3) is 0.240. The fourth-order valence-corrected chi connectivity index (χ4v) is 8.47. The van der Waals surface area contributed by atoms with Gasteiger partial charge in [-0.2, -0.15) is 0 Å². The SMILES string of the molecule is NNC(=S)NCCCCCC[P+](c1ccccc1)(c1ccccc1)c1ccccc1.[OH-]. The van der Waals surface area contributed by atoms with Crippen LogP contribution in [0.15, 0.2) is 91.0 Å². The number of nitrogens with one attached hydrogen (secondary N) is 2. The highest BCUT2D eigenvalue weighted by Crippen LogP contribution is 2.55. The van der Waals surface area contributed by atoms with Crippen LogP contribution in [0.5, 0.6) is 0 Å². The van der Waals surface area contributed by atoms with Crippen LogP contribution in [0.2, 0.25) is 0 Å². The minimum Gasteiger partial charge on any atom is -0.870 e. The van der Waals surface area contributed by atoms with E-state index in [-0.39, 0.29) is 5.48 Å². The number of unbranched alkanes of at least 4 members (excludes halogenated alkanes) is 3. The molecule has 4 nitrogen and oxygen atoms in total. The molecule has 0 saturated heterocycles. The van der Waals surface area contributed by atoms with E-state index in [2.05, 4.69) is 102 Å². The highest BCUT2D eigenvalue weighted by atomic mass is 32.1. The second-order valence-electron chi connectivity index (χ2n) is 7.35. The van der Waals surface area contributed by atoms with Crippen LogP contribution in [-0.2, 0) is 0 Å². The van der Waals surface area contributed by atoms with Crippen LogP contribution >= 0.6 is 19.5 Å². The molecule has 0 aliphatic rings. The van der Waals surface area contributed by atoms with Gasteiger partial charge in [-0.05, 0) is 67.9 Å². The molecule has 0 spiro atoms. The Bertz CT molecular complexity index is 798. The highest BCUT2D eigenvalue weighted by Gasteiger charge is 2.44. The number of hydrazine groups is 1. The van der Waals surface area contributed by atoms with Crippen molar-refractivity contribution in [2.75, 3.05) is 12.7 Å². The Labute approximate surface area is 191 Å². The van der Waals surface area contributed by atoms with Gasteiger partial charge in [0.2, 0.25) is 0 Å². The van der Waals surface area contributed by atoms with Gasteiger partial charge in [-0.25, -0.2) is 5.84 Å². The first-order valence-electron chi connectivity index (χ1n) is 10.6. The number of hydrogen-bond donors (Lipinski definition) is 3. The van der Waals surface area contributed by atoms with Gasteiger partial charge in [0, 0.05) is 6.54 Å². The average molecular weight is 454 g/mol. The Morgan fingerprint density at radius 1 is 0.677 bits per heavy atom. The van der Waals surface area contributed by atoms with E-state index >= 15 is 0 Å². The molecule has 3 aromatic rings. The van der Waals surface area contributed by atoms with Gasteiger partial charge in [0.25, 0.3) is 0 Å². The topological polar surface area (TPSA) is 80.1 Å². The minimum atomic E-state index is -1.69. The maximum Gasteiger partial charge on any atom is 0.180 e. The van der Waals surface area contributed by atoms with Crippen LogP contribution < -0.4 is 32.5 Å². The Morgan fingerprint density at radius 3 is 1.52 bits per heavy atom. The summed E-state index contributed by atoms with van der Waals surface area (Å²) in [5.41, 5.74) is 2.47. The third-order valence-electron chi connectivity index (χ3n) is 5.43. The molecule has 0 heterocycles. The Balaban J connectivity index is 0.00000341. The molecule has 0 aliphatic heterocycles. The predicted octanol–water partition coefficient (Wildman–Crippen LogP) is 3.70. The molecule has 164 valence electrons. The first-order valence-corrected chi connectivity index (χ1v) is 12.9. The molecule has 0 bridgehead atoms. The van der Waals surface area contributed by atoms with E-state index in [1.54, 1.807) is 0 Å². The number of nitrogens with two attached hydrogens (primary N) is 1. The molecule has 0 aliphatic carbocycles. The van der Waals surface area contributed by atoms with Crippen molar-refractivity contribution in [2.45, 2.75) is 25.7 Å². The Kier molecular flexibility index (Phi) is 10.6. The van der Waals surface area contributed by atoms with E-state index in [0.717, 1.165) is 13.0 Å². The van der Waals surface area contributed by atoms with Crippen LogP contribution in [0.1, 0.15) is 25.7 Å². The molecule has 6 heteroatoms. The van der Waals surface area contributed by atoms with Crippen molar-refractivity contribution in [3.8, 4) is 0 Å². The molecule has 0 aromatic heterocycles. The van der Waals surface area contributed by atoms with E-state index in [0.29, 0.717) is 5.11 Å². The zero-order valence-corrected chi connectivity index (χ0v) is 19.5. The van der Waals surface area contributed by atoms with E-state index in [9.17, 15) is 0 Å². The number of rotatable bonds is 10. The number of thiocarbonyl (C=S) groups is 1. The third kappa shape index (κ3) is 6.59. The van der Waals surface area contributed by atoms with Crippen molar-refractivity contribution in [1.82, 2.24) is 10.7 Å². The normalized spacial score (nSPS) is 10.7. The van der Waals surface area contributed by atoms with Crippen LogP contribution in [0, 0.1) is 0 Å². The first-order chi connectivity index (χ1) is 14.8. The Hall–Kier alpha value is -2.30. The lowest BCUT2D eigenvalue weighted by Crippen LogP contribution is -2.39. The van der Waals surface area contributed by atoms with Crippen molar-refractivity contribution in [3.05, 3.63) is 91.0 Å². The van der Waals surface area contributed by atoms with E-state index < -0.39 is 7.26 Å². The summed E-state index contributed by atoms with van der Waals surface area (Å²) < 4.78 is 0. The standard InChI is InChI=1S/C25H30N3PS.H2O/c26-28-25(30)27-20-12-1-2-13-21-29(22-14-6-3-7-15-22,23-16-8-4-9-17-23)24-18-10-5-11-19-24;/h3-11,14-19H,1-2,12-13,20-21,26H2,(H-,27,28,30);1H2. The molecule has 0 unspecified atom stereocenters. The van der Waals surface area contributed by atoms with Gasteiger partial charge in [0.1, 0.15) is 23.2 Å². The summed E-state index contributed by atoms with van der Waals surface area (Å²) in [6, 6.07) is 33.3. The number of hydrogen-bond acceptors (Lipinski definition) is 3. The van der Waals surface area contributed by atoms with E-state index in [1.165, 1.54) is 41.3 Å². The molecule has 0 saturated carbocycles. The third-order valence-corrected chi connectivity index (χ3v) is 10.2. The molecule has 3 rings (SSSR count). The lowest BCUT2D eigenvalue weighted by molar-refractivity contribution is 0.653. The van der Waals surface area contributed by atoms with Gasteiger partial charge in [-0.3, -0.25) is 0 Å². The molecule has 0 amide bonds. The summed E-state index contributed by atoms with van der Waals surface area (Å²) in [6.07, 6.45) is 5.86. The van der Waals surface area contributed by atoms with E-state index in [4.69, 9.17) is 18.1 Å². The van der Waals surface area contributed by atoms with Gasteiger partial charge in [0.05, 0.1) is 6.16 Å². The average Bonchev–Trinajstić information content (AvgIpc) is 2.82. The summed E-state index contributed by atoms with van der Waals surface area (Å²) in [5.74, 6) is 5.30. The van der Waals surface area contributed by atoms with Crippen molar-refractivity contribution >= 4 is 40.5 Å². The summed E-state index contributed by atoms with van der Waals surface area (Å²) >= 11 is 5.02. The quantitative estimate of drug-likeness (QED) is 0.143. The van der Waals surface area contributed by atoms with Crippen molar-refractivity contribution in [3.63, 3.8) is 0 Å². The zero-order valence-electron chi connectivity index (χ0n) is 17.8. The maximum atomic E-state index is 5.30.